The van der Waals surface area contributed by atoms with Crippen molar-refractivity contribution in [3.8, 4) is 0 Å². The molecule has 2 aliphatic rings. The van der Waals surface area contributed by atoms with Crippen LogP contribution in [0.2, 0.25) is 0 Å². The topological polar surface area (TPSA) is 26.3 Å². The number of hydrogen-bond donors (Lipinski definition) is 0. The molecule has 0 spiro atoms. The van der Waals surface area contributed by atoms with Crippen LogP contribution in [0.15, 0.2) is 30.3 Å². The van der Waals surface area contributed by atoms with E-state index in [0.29, 0.717) is 18.3 Å². The summed E-state index contributed by atoms with van der Waals surface area (Å²) >= 11 is 0. The van der Waals surface area contributed by atoms with E-state index in [-0.39, 0.29) is 12.0 Å². The fourth-order valence-corrected chi connectivity index (χ4v) is 2.98. The number of carbonyl (C=O) groups excluding carboxylic acids is 1. The van der Waals surface area contributed by atoms with Gasteiger partial charge in [-0.15, -0.1) is 0 Å². The fourth-order valence-electron chi connectivity index (χ4n) is 2.98. The van der Waals surface area contributed by atoms with E-state index < -0.39 is 0 Å². The Kier molecular flexibility index (Phi) is 2.52. The van der Waals surface area contributed by atoms with Gasteiger partial charge in [0.15, 0.2) is 0 Å². The quantitative estimate of drug-likeness (QED) is 0.776. The smallest absolute Gasteiger partial charge is 0.141 e. The molecule has 0 N–H and O–H groups in total. The molecule has 0 aromatic heterocycles. The minimum Gasteiger partial charge on any atom is -0.373 e. The largest absolute Gasteiger partial charge is 0.373 e. The van der Waals surface area contributed by atoms with Crippen LogP contribution in [0.25, 0.3) is 0 Å². The summed E-state index contributed by atoms with van der Waals surface area (Å²) in [6, 6.07) is 10.2. The molecule has 2 saturated carbocycles. The molecular weight excluding hydrogens is 200 g/mol. The Hall–Kier alpha value is -1.15. The highest BCUT2D eigenvalue weighted by Gasteiger charge is 2.47. The van der Waals surface area contributed by atoms with Crippen molar-refractivity contribution in [2.75, 3.05) is 0 Å². The van der Waals surface area contributed by atoms with Crippen LogP contribution in [0.3, 0.4) is 0 Å². The van der Waals surface area contributed by atoms with E-state index in [0.717, 1.165) is 19.3 Å². The normalized spacial score (nSPS) is 32.2. The van der Waals surface area contributed by atoms with Crippen molar-refractivity contribution in [3.63, 3.8) is 0 Å². The minimum atomic E-state index is 0.187. The summed E-state index contributed by atoms with van der Waals surface area (Å²) < 4.78 is 5.87. The summed E-state index contributed by atoms with van der Waals surface area (Å²) in [5.41, 5.74) is 1.19. The molecule has 3 rings (SSSR count). The Morgan fingerprint density at radius 3 is 2.62 bits per heavy atom. The van der Waals surface area contributed by atoms with Gasteiger partial charge in [0.2, 0.25) is 0 Å². The monoisotopic (exact) mass is 216 g/mol. The zero-order chi connectivity index (χ0) is 11.0. The molecule has 3 atom stereocenters. The van der Waals surface area contributed by atoms with E-state index in [1.165, 1.54) is 5.56 Å². The zero-order valence-electron chi connectivity index (χ0n) is 9.26. The van der Waals surface area contributed by atoms with Crippen LogP contribution in [0.4, 0.5) is 0 Å². The summed E-state index contributed by atoms with van der Waals surface area (Å²) in [5, 5.41) is 0. The third-order valence-corrected chi connectivity index (χ3v) is 3.87. The van der Waals surface area contributed by atoms with Crippen molar-refractivity contribution in [3.05, 3.63) is 35.9 Å². The van der Waals surface area contributed by atoms with E-state index in [1.807, 2.05) is 18.2 Å². The van der Waals surface area contributed by atoms with Crippen LogP contribution in [0.5, 0.6) is 0 Å². The molecule has 0 saturated heterocycles. The van der Waals surface area contributed by atoms with Gasteiger partial charge in [-0.05, 0) is 24.8 Å². The minimum absolute atomic E-state index is 0.187. The highest BCUT2D eigenvalue weighted by atomic mass is 16.5. The lowest BCUT2D eigenvalue weighted by Crippen LogP contribution is -2.21. The summed E-state index contributed by atoms with van der Waals surface area (Å²) in [5.74, 6) is 0.970. The Morgan fingerprint density at radius 2 is 2.00 bits per heavy atom. The number of rotatable bonds is 3. The van der Waals surface area contributed by atoms with Crippen molar-refractivity contribution in [1.82, 2.24) is 0 Å². The predicted molar refractivity (Wildman–Crippen MR) is 60.9 cm³/mol. The molecule has 2 fully saturated rings. The standard InChI is InChI=1S/C14H16O2/c15-14-11-6-7-12(14)13(8-11)16-9-10-4-2-1-3-5-10/h1-5,11-13H,6-9H2. The van der Waals surface area contributed by atoms with Crippen molar-refractivity contribution in [1.29, 1.82) is 0 Å². The van der Waals surface area contributed by atoms with Gasteiger partial charge in [-0.1, -0.05) is 30.3 Å². The maximum Gasteiger partial charge on any atom is 0.141 e. The summed E-state index contributed by atoms with van der Waals surface area (Å²) in [7, 11) is 0. The van der Waals surface area contributed by atoms with Crippen LogP contribution in [-0.2, 0) is 16.1 Å². The molecule has 2 bridgehead atoms. The van der Waals surface area contributed by atoms with E-state index in [9.17, 15) is 4.79 Å². The van der Waals surface area contributed by atoms with Gasteiger partial charge in [0.05, 0.1) is 12.7 Å². The first-order valence-corrected chi connectivity index (χ1v) is 6.04. The van der Waals surface area contributed by atoms with Crippen molar-refractivity contribution < 1.29 is 9.53 Å². The SMILES string of the molecule is O=C1C2CCC1C(OCc1ccccc1)C2. The van der Waals surface area contributed by atoms with E-state index in [2.05, 4.69) is 12.1 Å². The molecule has 2 nitrogen and oxygen atoms in total. The number of benzene rings is 1. The van der Waals surface area contributed by atoms with E-state index in [4.69, 9.17) is 4.74 Å². The summed E-state index contributed by atoms with van der Waals surface area (Å²) in [6.45, 7) is 0.641. The molecular formula is C14H16O2. The Labute approximate surface area is 95.6 Å². The first kappa shape index (κ1) is 10.0. The third-order valence-electron chi connectivity index (χ3n) is 3.87. The zero-order valence-corrected chi connectivity index (χ0v) is 9.26. The first-order chi connectivity index (χ1) is 7.84. The second-order valence-corrected chi connectivity index (χ2v) is 4.85. The lowest BCUT2D eigenvalue weighted by molar-refractivity contribution is -0.122. The second-order valence-electron chi connectivity index (χ2n) is 4.85. The number of hydrogen-bond acceptors (Lipinski definition) is 2. The number of carbonyl (C=O) groups is 1. The van der Waals surface area contributed by atoms with Gasteiger partial charge < -0.3 is 4.74 Å². The molecule has 0 radical (unpaired) electrons. The maximum atomic E-state index is 11.7. The van der Waals surface area contributed by atoms with Gasteiger partial charge in [0, 0.05) is 11.8 Å². The Bertz CT molecular complexity index is 385. The molecule has 2 aliphatic carbocycles. The second kappa shape index (κ2) is 4.02. The maximum absolute atomic E-state index is 11.7. The lowest BCUT2D eigenvalue weighted by atomic mass is 9.98. The molecule has 84 valence electrons. The highest BCUT2D eigenvalue weighted by Crippen LogP contribution is 2.43. The summed E-state index contributed by atoms with van der Waals surface area (Å²) in [4.78, 5) is 11.7. The third kappa shape index (κ3) is 1.67. The van der Waals surface area contributed by atoms with Gasteiger partial charge in [-0.3, -0.25) is 4.79 Å². The van der Waals surface area contributed by atoms with E-state index >= 15 is 0 Å². The average Bonchev–Trinajstić information content (AvgIpc) is 2.84. The van der Waals surface area contributed by atoms with Gasteiger partial charge in [-0.2, -0.15) is 0 Å². The number of fused-ring (bicyclic) bond motifs is 2. The molecule has 0 heterocycles. The Balaban J connectivity index is 1.59. The van der Waals surface area contributed by atoms with Crippen molar-refractivity contribution >= 4 is 5.78 Å². The van der Waals surface area contributed by atoms with Gasteiger partial charge in [-0.25, -0.2) is 0 Å². The van der Waals surface area contributed by atoms with E-state index in [1.54, 1.807) is 0 Å². The molecule has 0 amide bonds. The van der Waals surface area contributed by atoms with Crippen LogP contribution in [0.1, 0.15) is 24.8 Å². The lowest BCUT2D eigenvalue weighted by Gasteiger charge is -2.20. The first-order valence-electron chi connectivity index (χ1n) is 6.04. The van der Waals surface area contributed by atoms with Gasteiger partial charge in [0.25, 0.3) is 0 Å². The summed E-state index contributed by atoms with van der Waals surface area (Å²) in [6.07, 6.45) is 3.28. The van der Waals surface area contributed by atoms with Crippen LogP contribution in [0, 0.1) is 11.8 Å². The molecule has 0 aliphatic heterocycles. The highest BCUT2D eigenvalue weighted by molar-refractivity contribution is 5.88. The molecule has 2 heteroatoms. The molecule has 16 heavy (non-hydrogen) atoms. The number of ketones is 1. The Morgan fingerprint density at radius 1 is 1.19 bits per heavy atom. The number of Topliss-reactive ketones (excluding diaryl/α,β-unsaturated/α-hetero) is 1. The van der Waals surface area contributed by atoms with Gasteiger partial charge >= 0.3 is 0 Å². The van der Waals surface area contributed by atoms with Crippen molar-refractivity contribution in [2.24, 2.45) is 11.8 Å². The van der Waals surface area contributed by atoms with Crippen LogP contribution >= 0.6 is 0 Å². The molecule has 3 unspecified atom stereocenters. The average molecular weight is 216 g/mol. The van der Waals surface area contributed by atoms with Crippen LogP contribution < -0.4 is 0 Å². The predicted octanol–water partition coefficient (Wildman–Crippen LogP) is 2.57. The number of ether oxygens (including phenoxy) is 1. The molecule has 1 aromatic rings. The van der Waals surface area contributed by atoms with Crippen LogP contribution in [-0.4, -0.2) is 11.9 Å². The fraction of sp³-hybridized carbons (Fsp3) is 0.500. The molecule has 1 aromatic carbocycles. The van der Waals surface area contributed by atoms with Gasteiger partial charge in [0.1, 0.15) is 5.78 Å². The van der Waals surface area contributed by atoms with Crippen molar-refractivity contribution in [2.45, 2.75) is 32.0 Å².